The number of hydrogen-bond donors (Lipinski definition) is 1. The second kappa shape index (κ2) is 8.75. The second-order valence-corrected chi connectivity index (χ2v) is 12.5. The highest BCUT2D eigenvalue weighted by Gasteiger charge is 2.59. The molecule has 0 unspecified atom stereocenters. The number of rotatable bonds is 6. The fourth-order valence-electron chi connectivity index (χ4n) is 8.90. The van der Waals surface area contributed by atoms with Gasteiger partial charge in [-0.3, -0.25) is 0 Å². The van der Waals surface area contributed by atoms with Crippen molar-refractivity contribution >= 4 is 6.16 Å². The summed E-state index contributed by atoms with van der Waals surface area (Å²) in [5.41, 5.74) is 2.30. The smallest absolute Gasteiger partial charge is 0.450 e. The maximum atomic E-state index is 11.0. The Morgan fingerprint density at radius 2 is 1.87 bits per heavy atom. The first kappa shape index (κ1) is 23.2. The number of carbonyl (C=O) groups is 1. The Hall–Kier alpha value is -0.990. The highest BCUT2D eigenvalue weighted by molar-refractivity contribution is 5.57. The summed E-state index contributed by atoms with van der Waals surface area (Å²) >= 11 is 0. The molecule has 0 aromatic carbocycles. The summed E-state index contributed by atoms with van der Waals surface area (Å²) in [7, 11) is 0. The van der Waals surface area contributed by atoms with Crippen LogP contribution in [0.25, 0.3) is 0 Å². The number of allylic oxidation sites excluding steroid dienone is 1. The predicted molar refractivity (Wildman–Crippen MR) is 126 cm³/mol. The molecule has 3 saturated carbocycles. The molecule has 0 saturated heterocycles. The van der Waals surface area contributed by atoms with Gasteiger partial charge in [0.05, 0.1) is 0 Å². The molecular weight excluding hydrogens is 384 g/mol. The van der Waals surface area contributed by atoms with Gasteiger partial charge in [0.25, 0.3) is 0 Å². The largest absolute Gasteiger partial charge is 0.506 e. The fraction of sp³-hybridized carbons (Fsp3) is 0.893. The summed E-state index contributed by atoms with van der Waals surface area (Å²) in [6.45, 7) is 12.4. The van der Waals surface area contributed by atoms with Gasteiger partial charge in [0.1, 0.15) is 6.10 Å². The molecule has 0 heterocycles. The van der Waals surface area contributed by atoms with Crippen molar-refractivity contribution in [3.8, 4) is 0 Å². The van der Waals surface area contributed by atoms with E-state index in [1.807, 2.05) is 0 Å². The van der Waals surface area contributed by atoms with Crippen LogP contribution in [0, 0.1) is 46.3 Å². The molecule has 3 heteroatoms. The van der Waals surface area contributed by atoms with Gasteiger partial charge in [0.15, 0.2) is 0 Å². The molecule has 4 aliphatic carbocycles. The molecule has 0 aliphatic heterocycles. The third-order valence-corrected chi connectivity index (χ3v) is 10.5. The standard InChI is InChI=1S/C28H46O3/c1-18(2)7-6-8-19(3)23-11-12-24-22-10-9-20-17-21(31-26(29)30)13-15-27(20,4)25(22)14-16-28(23,24)5/h9,18-19,21-25H,6-8,10-17H2,1-5H3,(H,29,30)/t19-,21-,22+,23-,24-,25-,27+,28-/m1/s1. The minimum absolute atomic E-state index is 0.134. The van der Waals surface area contributed by atoms with E-state index in [9.17, 15) is 4.79 Å². The predicted octanol–water partition coefficient (Wildman–Crippen LogP) is 8.09. The van der Waals surface area contributed by atoms with Crippen molar-refractivity contribution in [3.05, 3.63) is 11.6 Å². The van der Waals surface area contributed by atoms with Gasteiger partial charge in [-0.05, 0) is 91.3 Å². The molecule has 176 valence electrons. The van der Waals surface area contributed by atoms with Gasteiger partial charge < -0.3 is 9.84 Å². The summed E-state index contributed by atoms with van der Waals surface area (Å²) < 4.78 is 5.17. The maximum Gasteiger partial charge on any atom is 0.506 e. The lowest BCUT2D eigenvalue weighted by Crippen LogP contribution is -2.51. The van der Waals surface area contributed by atoms with Crippen LogP contribution in [0.3, 0.4) is 0 Å². The van der Waals surface area contributed by atoms with Crippen LogP contribution in [-0.4, -0.2) is 17.4 Å². The third kappa shape index (κ3) is 4.20. The molecule has 0 aromatic heterocycles. The van der Waals surface area contributed by atoms with Crippen molar-refractivity contribution in [3.63, 3.8) is 0 Å². The number of ether oxygens (including phenoxy) is 1. The lowest BCUT2D eigenvalue weighted by molar-refractivity contribution is -0.0601. The molecule has 1 N–H and O–H groups in total. The third-order valence-electron chi connectivity index (χ3n) is 10.5. The molecule has 8 atom stereocenters. The van der Waals surface area contributed by atoms with E-state index < -0.39 is 6.16 Å². The van der Waals surface area contributed by atoms with Gasteiger partial charge in [0, 0.05) is 6.42 Å². The highest BCUT2D eigenvalue weighted by atomic mass is 16.7. The summed E-state index contributed by atoms with van der Waals surface area (Å²) in [5.74, 6) is 5.09. The molecule has 3 fully saturated rings. The Balaban J connectivity index is 1.47. The minimum atomic E-state index is -1.11. The summed E-state index contributed by atoms with van der Waals surface area (Å²) in [4.78, 5) is 11.0. The Labute approximate surface area is 190 Å². The zero-order valence-corrected chi connectivity index (χ0v) is 20.7. The van der Waals surface area contributed by atoms with E-state index in [-0.39, 0.29) is 11.5 Å². The Bertz CT molecular complexity index is 696. The molecule has 3 nitrogen and oxygen atoms in total. The number of carboxylic acid groups (broad SMARTS) is 1. The van der Waals surface area contributed by atoms with Crippen molar-refractivity contribution < 1.29 is 14.6 Å². The molecule has 0 radical (unpaired) electrons. The van der Waals surface area contributed by atoms with Crippen LogP contribution in [-0.2, 0) is 4.74 Å². The van der Waals surface area contributed by atoms with Gasteiger partial charge in [-0.2, -0.15) is 0 Å². The average Bonchev–Trinajstić information content (AvgIpc) is 3.05. The minimum Gasteiger partial charge on any atom is -0.450 e. The van der Waals surface area contributed by atoms with Crippen molar-refractivity contribution in [1.29, 1.82) is 0 Å². The maximum absolute atomic E-state index is 11.0. The summed E-state index contributed by atoms with van der Waals surface area (Å²) in [5, 5.41) is 9.05. The first-order chi connectivity index (χ1) is 14.6. The van der Waals surface area contributed by atoms with Crippen LogP contribution in [0.15, 0.2) is 11.6 Å². The molecule has 4 aliphatic rings. The average molecular weight is 431 g/mol. The molecule has 31 heavy (non-hydrogen) atoms. The lowest BCUT2D eigenvalue weighted by atomic mass is 9.47. The normalized spacial score (nSPS) is 42.9. The Kier molecular flexibility index (Phi) is 6.54. The monoisotopic (exact) mass is 430 g/mol. The highest BCUT2D eigenvalue weighted by Crippen LogP contribution is 2.67. The zero-order chi connectivity index (χ0) is 22.4. The topological polar surface area (TPSA) is 46.5 Å². The molecule has 0 amide bonds. The zero-order valence-electron chi connectivity index (χ0n) is 20.7. The fourth-order valence-corrected chi connectivity index (χ4v) is 8.90. The van der Waals surface area contributed by atoms with E-state index in [1.165, 1.54) is 56.9 Å². The van der Waals surface area contributed by atoms with E-state index in [0.717, 1.165) is 54.8 Å². The Morgan fingerprint density at radius 1 is 1.10 bits per heavy atom. The van der Waals surface area contributed by atoms with Crippen LogP contribution in [0.5, 0.6) is 0 Å². The van der Waals surface area contributed by atoms with Crippen molar-refractivity contribution in [2.45, 2.75) is 111 Å². The second-order valence-electron chi connectivity index (χ2n) is 12.5. The number of hydrogen-bond acceptors (Lipinski definition) is 2. The van der Waals surface area contributed by atoms with E-state index in [0.29, 0.717) is 5.41 Å². The van der Waals surface area contributed by atoms with Crippen LogP contribution in [0.1, 0.15) is 105 Å². The molecule has 0 bridgehead atoms. The van der Waals surface area contributed by atoms with E-state index in [1.54, 1.807) is 0 Å². The molecule has 0 aromatic rings. The van der Waals surface area contributed by atoms with Crippen molar-refractivity contribution in [2.24, 2.45) is 46.3 Å². The Morgan fingerprint density at radius 3 is 2.58 bits per heavy atom. The van der Waals surface area contributed by atoms with Gasteiger partial charge in [-0.1, -0.05) is 65.5 Å². The molecule has 4 rings (SSSR count). The van der Waals surface area contributed by atoms with Gasteiger partial charge in [-0.15, -0.1) is 0 Å². The van der Waals surface area contributed by atoms with Crippen molar-refractivity contribution in [1.82, 2.24) is 0 Å². The number of fused-ring (bicyclic) bond motifs is 5. The molecule has 0 spiro atoms. The van der Waals surface area contributed by atoms with Crippen molar-refractivity contribution in [2.75, 3.05) is 0 Å². The quantitative estimate of drug-likeness (QED) is 0.342. The molecular formula is C28H46O3. The SMILES string of the molecule is CC(C)CCC[C@@H](C)[C@H]1CC[C@@H]2[C@@H]3CC=C4C[C@H](OC(=O)O)CC[C@]4(C)[C@@H]3CC[C@@]21C. The summed E-state index contributed by atoms with van der Waals surface area (Å²) in [6, 6.07) is 0. The van der Waals surface area contributed by atoms with E-state index >= 15 is 0 Å². The first-order valence-corrected chi connectivity index (χ1v) is 13.2. The van der Waals surface area contributed by atoms with Crippen LogP contribution in [0.4, 0.5) is 4.79 Å². The van der Waals surface area contributed by atoms with E-state index in [2.05, 4.69) is 40.7 Å². The lowest BCUT2D eigenvalue weighted by Gasteiger charge is -2.58. The van der Waals surface area contributed by atoms with E-state index in [4.69, 9.17) is 9.84 Å². The van der Waals surface area contributed by atoms with Crippen LogP contribution >= 0.6 is 0 Å². The van der Waals surface area contributed by atoms with Crippen LogP contribution < -0.4 is 0 Å². The first-order valence-electron chi connectivity index (χ1n) is 13.2. The van der Waals surface area contributed by atoms with Gasteiger partial charge in [0.2, 0.25) is 0 Å². The van der Waals surface area contributed by atoms with Gasteiger partial charge >= 0.3 is 6.16 Å². The summed E-state index contributed by atoms with van der Waals surface area (Å²) in [6.07, 6.45) is 15.1. The van der Waals surface area contributed by atoms with Gasteiger partial charge in [-0.25, -0.2) is 4.79 Å². The van der Waals surface area contributed by atoms with Crippen LogP contribution in [0.2, 0.25) is 0 Å².